The van der Waals surface area contributed by atoms with Crippen LogP contribution < -0.4 is 26.2 Å². The minimum absolute atomic E-state index is 0.191. The molecule has 0 saturated carbocycles. The molecule has 18 heteroatoms. The number of para-hydroxylation sites is 1. The van der Waals surface area contributed by atoms with Crippen molar-refractivity contribution in [2.45, 2.75) is 96.9 Å². The third-order valence-corrected chi connectivity index (χ3v) is 9.48. The highest BCUT2D eigenvalue weighted by atomic mass is 31.2. The van der Waals surface area contributed by atoms with Gasteiger partial charge in [-0.05, 0) is 65.2 Å². The van der Waals surface area contributed by atoms with Gasteiger partial charge in [-0.2, -0.15) is 0 Å². The van der Waals surface area contributed by atoms with Gasteiger partial charge in [-0.15, -0.1) is 4.52 Å². The molecule has 1 aromatic carbocycles. The number of hydrogen-bond acceptors (Lipinski definition) is 12. The first kappa shape index (κ1) is 39.3. The Bertz CT molecular complexity index is 1490. The molecule has 3 N–H and O–H groups in total. The molecule has 2 unspecified atom stereocenters. The number of benzene rings is 1. The Morgan fingerprint density at radius 3 is 2.27 bits per heavy atom. The second kappa shape index (κ2) is 18.1. The number of nitrogens with one attached hydrogen (secondary N) is 3. The van der Waals surface area contributed by atoms with Gasteiger partial charge < -0.3 is 23.5 Å². The Morgan fingerprint density at radius 2 is 1.67 bits per heavy atom. The molecule has 0 amide bonds. The summed E-state index contributed by atoms with van der Waals surface area (Å²) in [6, 6.07) is 8.24. The summed E-state index contributed by atoms with van der Waals surface area (Å²) in [5, 5.41) is 5.57. The zero-order valence-electron chi connectivity index (χ0n) is 27.9. The molecule has 266 valence electrons. The van der Waals surface area contributed by atoms with E-state index < -0.39 is 82.0 Å². The van der Waals surface area contributed by atoms with E-state index in [9.17, 15) is 23.7 Å². The fourth-order valence-electron chi connectivity index (χ4n) is 4.50. The molecule has 1 aliphatic heterocycles. The predicted molar refractivity (Wildman–Crippen MR) is 175 cm³/mol. The molecule has 1 fully saturated rings. The van der Waals surface area contributed by atoms with Crippen molar-refractivity contribution in [3.05, 3.63) is 63.4 Å². The van der Waals surface area contributed by atoms with Crippen LogP contribution >= 0.6 is 16.5 Å². The van der Waals surface area contributed by atoms with Gasteiger partial charge in [0.15, 0.2) is 18.0 Å². The van der Waals surface area contributed by atoms with Crippen molar-refractivity contribution in [3.8, 4) is 5.75 Å². The summed E-state index contributed by atoms with van der Waals surface area (Å²) < 4.78 is 64.5. The van der Waals surface area contributed by atoms with Gasteiger partial charge in [-0.25, -0.2) is 9.18 Å². The number of carbonyl (C=O) groups is 2. The van der Waals surface area contributed by atoms with Gasteiger partial charge in [-0.3, -0.25) is 29.0 Å². The van der Waals surface area contributed by atoms with Crippen molar-refractivity contribution >= 4 is 28.4 Å². The number of hydrogen-bond donors (Lipinski definition) is 3. The van der Waals surface area contributed by atoms with Crippen LogP contribution in [0.1, 0.15) is 54.7 Å². The number of H-pyrrole nitrogens is 1. The molecule has 15 nitrogen and oxygen atoms in total. The summed E-state index contributed by atoms with van der Waals surface area (Å²) in [7, 11) is -4.53. The first-order valence-electron chi connectivity index (χ1n) is 15.4. The zero-order valence-corrected chi connectivity index (χ0v) is 29.7. The van der Waals surface area contributed by atoms with E-state index in [2.05, 4.69) is 15.2 Å². The third kappa shape index (κ3) is 11.5. The Balaban J connectivity index is 1.83. The highest BCUT2D eigenvalue weighted by molar-refractivity contribution is 7.50. The van der Waals surface area contributed by atoms with Crippen LogP contribution in [0.15, 0.2) is 52.2 Å². The second-order valence-corrected chi connectivity index (χ2v) is 14.4. The summed E-state index contributed by atoms with van der Waals surface area (Å²) in [6.07, 6.45) is -3.91. The molecule has 8 atom stereocenters. The first-order valence-corrected chi connectivity index (χ1v) is 18.0. The number of ether oxygens (including phenoxy) is 4. The summed E-state index contributed by atoms with van der Waals surface area (Å²) in [5.41, 5.74) is -4.15. The Morgan fingerprint density at radius 1 is 1.04 bits per heavy atom. The molecule has 1 aliphatic rings. The molecule has 2 aromatic rings. The summed E-state index contributed by atoms with van der Waals surface area (Å²) in [5.74, 6) is -0.581. The lowest BCUT2D eigenvalue weighted by molar-refractivity contribution is -0.149. The maximum Gasteiger partial charge on any atom is 0.614 e. The van der Waals surface area contributed by atoms with Crippen molar-refractivity contribution in [2.24, 2.45) is 0 Å². The van der Waals surface area contributed by atoms with Gasteiger partial charge in [0.2, 0.25) is 0 Å². The van der Waals surface area contributed by atoms with Crippen LogP contribution in [0.5, 0.6) is 5.75 Å². The highest BCUT2D eigenvalue weighted by Crippen LogP contribution is 2.46. The SMILES string of the molecule is CC(C)OC(=O)[C@H](C)NP(CCOc1ccccc1)OC[C@H]1O[C@@H](n2ccc(=O)[nH]c2=O)[C@](C)(F)[C@@H]1O[P+](=O)N[C@@H](C)C(=O)OC(C)C. The van der Waals surface area contributed by atoms with Crippen molar-refractivity contribution in [1.29, 1.82) is 0 Å². The average Bonchev–Trinajstić information content (AvgIpc) is 3.24. The number of rotatable bonds is 18. The predicted octanol–water partition coefficient (Wildman–Crippen LogP) is 3.47. The molecule has 0 radical (unpaired) electrons. The Hall–Kier alpha value is -3.10. The van der Waals surface area contributed by atoms with E-state index in [1.807, 2.05) is 18.2 Å². The number of carbonyl (C=O) groups excluding carboxylic acids is 2. The largest absolute Gasteiger partial charge is 0.614 e. The van der Waals surface area contributed by atoms with E-state index in [-0.39, 0.29) is 25.5 Å². The Labute approximate surface area is 280 Å². The number of esters is 2. The average molecular weight is 718 g/mol. The van der Waals surface area contributed by atoms with Crippen LogP contribution in [0.3, 0.4) is 0 Å². The highest BCUT2D eigenvalue weighted by Gasteiger charge is 2.60. The quantitative estimate of drug-likeness (QED) is 0.151. The Kier molecular flexibility index (Phi) is 14.8. The fraction of sp³-hybridized carbons (Fsp3) is 0.600. The van der Waals surface area contributed by atoms with Crippen molar-refractivity contribution in [3.63, 3.8) is 0 Å². The van der Waals surface area contributed by atoms with E-state index in [0.29, 0.717) is 5.75 Å². The first-order chi connectivity index (χ1) is 22.6. The van der Waals surface area contributed by atoms with Crippen LogP contribution in [0.2, 0.25) is 0 Å². The number of aromatic amines is 1. The number of aromatic nitrogens is 2. The third-order valence-electron chi connectivity index (χ3n) is 6.74. The molecule has 1 saturated heterocycles. The van der Waals surface area contributed by atoms with Gasteiger partial charge in [0.25, 0.3) is 5.56 Å². The monoisotopic (exact) mass is 717 g/mol. The van der Waals surface area contributed by atoms with Crippen LogP contribution in [0.4, 0.5) is 4.39 Å². The van der Waals surface area contributed by atoms with Crippen molar-refractivity contribution in [2.75, 3.05) is 19.4 Å². The topological polar surface area (TPSA) is 186 Å². The molecule has 0 aliphatic carbocycles. The van der Waals surface area contributed by atoms with Gasteiger partial charge in [-0.1, -0.05) is 23.3 Å². The molecule has 0 bridgehead atoms. The normalized spacial score (nSPS) is 23.0. The molecule has 0 spiro atoms. The molecular formula is C30H44FN4O11P2+. The van der Waals surface area contributed by atoms with E-state index in [4.69, 9.17) is 28.0 Å². The van der Waals surface area contributed by atoms with Crippen LogP contribution in [0.25, 0.3) is 0 Å². The lowest BCUT2D eigenvalue weighted by Gasteiger charge is -2.25. The summed E-state index contributed by atoms with van der Waals surface area (Å²) in [6.45, 7) is 10.7. The minimum atomic E-state index is -2.88. The lowest BCUT2D eigenvalue weighted by atomic mass is 9.98. The van der Waals surface area contributed by atoms with Gasteiger partial charge in [0.05, 0.1) is 25.4 Å². The van der Waals surface area contributed by atoms with Gasteiger partial charge >= 0.3 is 25.8 Å². The minimum Gasteiger partial charge on any atom is -0.493 e. The number of nitrogens with zero attached hydrogens (tertiary/aromatic N) is 1. The fourth-order valence-corrected chi connectivity index (χ4v) is 6.98. The molecule has 3 rings (SSSR count). The van der Waals surface area contributed by atoms with Crippen LogP contribution in [0, 0.1) is 0 Å². The summed E-state index contributed by atoms with van der Waals surface area (Å²) >= 11 is 0. The molecule has 2 heterocycles. The van der Waals surface area contributed by atoms with Gasteiger partial charge in [0, 0.05) is 18.4 Å². The van der Waals surface area contributed by atoms with Crippen molar-refractivity contribution < 1.29 is 46.5 Å². The molecule has 48 heavy (non-hydrogen) atoms. The van der Waals surface area contributed by atoms with Crippen molar-refractivity contribution in [1.82, 2.24) is 19.7 Å². The van der Waals surface area contributed by atoms with E-state index in [1.165, 1.54) is 6.92 Å². The summed E-state index contributed by atoms with van der Waals surface area (Å²) in [4.78, 5) is 51.2. The van der Waals surface area contributed by atoms with E-state index in [1.54, 1.807) is 46.8 Å². The van der Waals surface area contributed by atoms with E-state index >= 15 is 4.39 Å². The maximum absolute atomic E-state index is 16.6. The smallest absolute Gasteiger partial charge is 0.493 e. The molecule has 1 aromatic heterocycles. The van der Waals surface area contributed by atoms with Crippen LogP contribution in [-0.2, 0) is 37.4 Å². The van der Waals surface area contributed by atoms with Crippen LogP contribution in [-0.4, -0.2) is 83.0 Å². The number of halogens is 1. The van der Waals surface area contributed by atoms with Gasteiger partial charge in [0.1, 0.15) is 32.2 Å². The lowest BCUT2D eigenvalue weighted by Crippen LogP contribution is -2.45. The molecular weight excluding hydrogens is 673 g/mol. The zero-order chi connectivity index (χ0) is 35.6. The second-order valence-electron chi connectivity index (χ2n) is 11.7. The van der Waals surface area contributed by atoms with E-state index in [0.717, 1.165) is 23.8 Å². The number of alkyl halides is 1. The maximum atomic E-state index is 16.6. The standard InChI is InChI=1S/C30H43FN4O11P2/c1-18(2)43-26(37)20(5)33-47(16-15-41-22-11-9-8-10-12-22)42-17-23-25(46-48(40)34-21(6)27(38)44-19(3)4)30(7,31)28(45-23)35-14-13-24(36)32-29(35)39/h8-14,18-21,23,25,28,33H,15-17H2,1-7H3,(H-,32,34,36,39,40)/p+1/t20-,21-,23+,25+,28+,30+,47?/m0/s1.